The molecule has 0 atom stereocenters. The smallest absolute Gasteiger partial charge is 0.229 e. The molecule has 7 heteroatoms. The molecule has 1 fully saturated rings. The summed E-state index contributed by atoms with van der Waals surface area (Å²) in [5.41, 5.74) is 0.886. The van der Waals surface area contributed by atoms with E-state index in [4.69, 9.17) is 9.26 Å². The molecule has 0 unspecified atom stereocenters. The average molecular weight is 283 g/mol. The lowest BCUT2D eigenvalue weighted by Gasteiger charge is -2.05. The minimum atomic E-state index is 0.289. The Morgan fingerprint density at radius 2 is 2.29 bits per heavy atom. The van der Waals surface area contributed by atoms with Crippen LogP contribution in [0.3, 0.4) is 0 Å². The van der Waals surface area contributed by atoms with Crippen molar-refractivity contribution >= 4 is 0 Å². The van der Waals surface area contributed by atoms with Gasteiger partial charge in [0.05, 0.1) is 5.69 Å². The second kappa shape index (κ2) is 5.01. The van der Waals surface area contributed by atoms with Gasteiger partial charge >= 0.3 is 0 Å². The Morgan fingerprint density at radius 3 is 3.10 bits per heavy atom. The van der Waals surface area contributed by atoms with Crippen LogP contribution in [0.5, 0.6) is 5.75 Å². The van der Waals surface area contributed by atoms with Crippen molar-refractivity contribution < 1.29 is 9.26 Å². The van der Waals surface area contributed by atoms with Gasteiger partial charge in [-0.15, -0.1) is 0 Å². The molecule has 1 aliphatic carbocycles. The van der Waals surface area contributed by atoms with Crippen molar-refractivity contribution in [1.29, 1.82) is 0 Å². The molecule has 0 amide bonds. The molecule has 0 aliphatic heterocycles. The predicted molar refractivity (Wildman–Crippen MR) is 72.0 cm³/mol. The summed E-state index contributed by atoms with van der Waals surface area (Å²) in [6.45, 7) is 0.289. The van der Waals surface area contributed by atoms with Gasteiger partial charge in [0.25, 0.3) is 0 Å². The third-order valence-corrected chi connectivity index (χ3v) is 3.28. The van der Waals surface area contributed by atoms with Crippen LogP contribution >= 0.6 is 0 Å². The Morgan fingerprint density at radius 1 is 1.33 bits per heavy atom. The van der Waals surface area contributed by atoms with Crippen molar-refractivity contribution in [2.24, 2.45) is 0 Å². The molecule has 0 bridgehead atoms. The quantitative estimate of drug-likeness (QED) is 0.713. The molecule has 106 valence electrons. The zero-order valence-electron chi connectivity index (χ0n) is 11.2. The summed E-state index contributed by atoms with van der Waals surface area (Å²) in [6, 6.07) is 7.60. The van der Waals surface area contributed by atoms with Crippen molar-refractivity contribution in [3.8, 4) is 11.4 Å². The zero-order valence-corrected chi connectivity index (χ0v) is 11.2. The van der Waals surface area contributed by atoms with Crippen molar-refractivity contribution in [2.45, 2.75) is 25.4 Å². The second-order valence-electron chi connectivity index (χ2n) is 4.95. The highest BCUT2D eigenvalue weighted by molar-refractivity contribution is 5.38. The van der Waals surface area contributed by atoms with E-state index in [0.29, 0.717) is 11.7 Å². The molecule has 0 saturated heterocycles. The minimum Gasteiger partial charge on any atom is -0.485 e. The van der Waals surface area contributed by atoms with Gasteiger partial charge in [-0.25, -0.2) is 9.67 Å². The maximum atomic E-state index is 5.70. The molecule has 1 aliphatic rings. The van der Waals surface area contributed by atoms with Crippen LogP contribution < -0.4 is 4.74 Å². The number of nitrogens with zero attached hydrogens (tertiary/aromatic N) is 5. The highest BCUT2D eigenvalue weighted by atomic mass is 16.5. The fraction of sp³-hybridized carbons (Fsp3) is 0.286. The first-order valence-electron chi connectivity index (χ1n) is 6.79. The largest absolute Gasteiger partial charge is 0.485 e. The fourth-order valence-electron chi connectivity index (χ4n) is 2.03. The Bertz CT molecular complexity index is 733. The van der Waals surface area contributed by atoms with Crippen LogP contribution in [0.15, 0.2) is 41.4 Å². The normalized spacial score (nSPS) is 14.3. The molecule has 2 heterocycles. The molecule has 2 aromatic heterocycles. The van der Waals surface area contributed by atoms with E-state index in [0.717, 1.165) is 30.2 Å². The number of rotatable bonds is 5. The highest BCUT2D eigenvalue weighted by Gasteiger charge is 2.29. The number of benzene rings is 1. The van der Waals surface area contributed by atoms with E-state index >= 15 is 0 Å². The van der Waals surface area contributed by atoms with E-state index in [2.05, 4.69) is 20.2 Å². The second-order valence-corrected chi connectivity index (χ2v) is 4.95. The van der Waals surface area contributed by atoms with Crippen molar-refractivity contribution in [1.82, 2.24) is 24.9 Å². The minimum absolute atomic E-state index is 0.289. The standard InChI is InChI=1S/C14H13N5O2/c1-2-11(19-9-15-8-16-19)6-12(3-1)20-7-13-17-14(21-18-13)10-4-5-10/h1-3,6,8-10H,4-5,7H2. The molecule has 1 aromatic carbocycles. The van der Waals surface area contributed by atoms with Crippen LogP contribution in [0.2, 0.25) is 0 Å². The predicted octanol–water partition coefficient (Wildman–Crippen LogP) is 2.11. The van der Waals surface area contributed by atoms with Crippen molar-refractivity contribution in [2.75, 3.05) is 0 Å². The summed E-state index contributed by atoms with van der Waals surface area (Å²) in [5, 5.41) is 8.01. The van der Waals surface area contributed by atoms with Crippen LogP contribution in [-0.4, -0.2) is 24.9 Å². The highest BCUT2D eigenvalue weighted by Crippen LogP contribution is 2.38. The SMILES string of the molecule is c1cc(OCc2noc(C3CC3)n2)cc(-n2cncn2)c1. The molecule has 0 spiro atoms. The van der Waals surface area contributed by atoms with E-state index < -0.39 is 0 Å². The average Bonchev–Trinajstić information content (AvgIpc) is 3.05. The molecule has 1 saturated carbocycles. The molecule has 0 radical (unpaired) electrons. The number of aromatic nitrogens is 5. The Balaban J connectivity index is 1.45. The lowest BCUT2D eigenvalue weighted by Crippen LogP contribution is -1.99. The first-order valence-corrected chi connectivity index (χ1v) is 6.79. The van der Waals surface area contributed by atoms with E-state index in [1.807, 2.05) is 24.3 Å². The first kappa shape index (κ1) is 12.1. The zero-order chi connectivity index (χ0) is 14.1. The van der Waals surface area contributed by atoms with Crippen LogP contribution in [0.25, 0.3) is 5.69 Å². The van der Waals surface area contributed by atoms with E-state index in [1.165, 1.54) is 6.33 Å². The third kappa shape index (κ3) is 2.62. The molecule has 7 nitrogen and oxygen atoms in total. The summed E-state index contributed by atoms with van der Waals surface area (Å²) < 4.78 is 12.6. The third-order valence-electron chi connectivity index (χ3n) is 3.28. The maximum absolute atomic E-state index is 5.70. The van der Waals surface area contributed by atoms with Gasteiger partial charge in [0.15, 0.2) is 6.61 Å². The topological polar surface area (TPSA) is 78.9 Å². The van der Waals surface area contributed by atoms with E-state index in [1.54, 1.807) is 11.0 Å². The molecular weight excluding hydrogens is 270 g/mol. The van der Waals surface area contributed by atoms with E-state index in [-0.39, 0.29) is 6.61 Å². The van der Waals surface area contributed by atoms with Gasteiger partial charge in [-0.2, -0.15) is 10.1 Å². The summed E-state index contributed by atoms with van der Waals surface area (Å²) in [4.78, 5) is 8.25. The summed E-state index contributed by atoms with van der Waals surface area (Å²) in [6.07, 6.45) is 5.41. The fourth-order valence-corrected chi connectivity index (χ4v) is 2.03. The number of hydrogen-bond acceptors (Lipinski definition) is 6. The Labute approximate surface area is 120 Å². The lowest BCUT2D eigenvalue weighted by molar-refractivity contribution is 0.285. The van der Waals surface area contributed by atoms with Gasteiger partial charge in [-0.3, -0.25) is 0 Å². The van der Waals surface area contributed by atoms with Crippen LogP contribution in [0.1, 0.15) is 30.5 Å². The Kier molecular flexibility index (Phi) is 2.88. The van der Waals surface area contributed by atoms with Crippen LogP contribution in [-0.2, 0) is 6.61 Å². The lowest BCUT2D eigenvalue weighted by atomic mass is 10.3. The van der Waals surface area contributed by atoms with Crippen molar-refractivity contribution in [3.05, 3.63) is 48.6 Å². The van der Waals surface area contributed by atoms with E-state index in [9.17, 15) is 0 Å². The molecule has 3 aromatic rings. The van der Waals surface area contributed by atoms with Gasteiger partial charge in [0.2, 0.25) is 11.7 Å². The van der Waals surface area contributed by atoms with Gasteiger partial charge in [0.1, 0.15) is 18.4 Å². The van der Waals surface area contributed by atoms with Gasteiger partial charge in [-0.05, 0) is 25.0 Å². The monoisotopic (exact) mass is 283 g/mol. The number of hydrogen-bond donors (Lipinski definition) is 0. The van der Waals surface area contributed by atoms with Crippen LogP contribution in [0, 0.1) is 0 Å². The van der Waals surface area contributed by atoms with Gasteiger partial charge in [-0.1, -0.05) is 11.2 Å². The molecule has 21 heavy (non-hydrogen) atoms. The van der Waals surface area contributed by atoms with Crippen LogP contribution in [0.4, 0.5) is 0 Å². The summed E-state index contributed by atoms with van der Waals surface area (Å²) in [5.74, 6) is 2.48. The van der Waals surface area contributed by atoms with Gasteiger partial charge in [0, 0.05) is 12.0 Å². The first-order chi connectivity index (χ1) is 10.4. The molecule has 4 rings (SSSR count). The molecular formula is C14H13N5O2. The summed E-state index contributed by atoms with van der Waals surface area (Å²) >= 11 is 0. The Hall–Kier alpha value is -2.70. The van der Waals surface area contributed by atoms with Crippen molar-refractivity contribution in [3.63, 3.8) is 0 Å². The maximum Gasteiger partial charge on any atom is 0.229 e. The molecule has 0 N–H and O–H groups in total. The van der Waals surface area contributed by atoms with Gasteiger partial charge < -0.3 is 9.26 Å². The summed E-state index contributed by atoms with van der Waals surface area (Å²) in [7, 11) is 0. The number of ether oxygens (including phenoxy) is 1.